The Morgan fingerprint density at radius 3 is 2.74 bits per heavy atom. The molecule has 1 aliphatic heterocycles. The zero-order valence-corrected chi connectivity index (χ0v) is 19.7. The van der Waals surface area contributed by atoms with Gasteiger partial charge in [-0.2, -0.15) is 5.01 Å². The molecule has 3 heterocycles. The maximum atomic E-state index is 12.8. The molecule has 0 atom stereocenters. The number of hydrazine groups is 1. The Morgan fingerprint density at radius 1 is 1.26 bits per heavy atom. The zero-order chi connectivity index (χ0) is 24.2. The molecule has 0 spiro atoms. The van der Waals surface area contributed by atoms with E-state index in [2.05, 4.69) is 10.4 Å². The molecule has 13 heteroatoms. The summed E-state index contributed by atoms with van der Waals surface area (Å²) in [7, 11) is 1.45. The van der Waals surface area contributed by atoms with Gasteiger partial charge in [-0.05, 0) is 47.4 Å². The number of amides is 2. The molecule has 34 heavy (non-hydrogen) atoms. The number of benzene rings is 1. The minimum absolute atomic E-state index is 0.152. The van der Waals surface area contributed by atoms with E-state index in [0.29, 0.717) is 26.8 Å². The standard InChI is InChI=1S/C21H14N4O6S3/c1-30-15-9-12(4-6-14(15)31-18-7-5-13(11-22-18)25(28)29)10-17-20(27)24(21(32)34-17)23-19(26)16-3-2-8-33-16/h2-11H,1H3,(H,23,26)/b17-10-. The summed E-state index contributed by atoms with van der Waals surface area (Å²) in [4.78, 5) is 40.0. The summed E-state index contributed by atoms with van der Waals surface area (Å²) >= 11 is 7.56. The van der Waals surface area contributed by atoms with Crippen LogP contribution in [-0.4, -0.2) is 38.2 Å². The first-order valence-electron chi connectivity index (χ1n) is 9.44. The van der Waals surface area contributed by atoms with E-state index in [1.54, 1.807) is 41.8 Å². The number of carbonyl (C=O) groups excluding carboxylic acids is 2. The largest absolute Gasteiger partial charge is 0.493 e. The molecule has 1 aromatic carbocycles. The summed E-state index contributed by atoms with van der Waals surface area (Å²) in [6, 6.07) is 11.0. The van der Waals surface area contributed by atoms with Gasteiger partial charge in [-0.3, -0.25) is 25.1 Å². The van der Waals surface area contributed by atoms with Crippen LogP contribution in [-0.2, 0) is 4.79 Å². The van der Waals surface area contributed by atoms with E-state index in [9.17, 15) is 19.7 Å². The van der Waals surface area contributed by atoms with E-state index >= 15 is 0 Å². The molecule has 0 bridgehead atoms. The quantitative estimate of drug-likeness (QED) is 0.211. The van der Waals surface area contributed by atoms with Gasteiger partial charge in [0.1, 0.15) is 6.20 Å². The van der Waals surface area contributed by atoms with Crippen molar-refractivity contribution in [2.75, 3.05) is 7.11 Å². The van der Waals surface area contributed by atoms with Crippen molar-refractivity contribution in [1.82, 2.24) is 15.4 Å². The summed E-state index contributed by atoms with van der Waals surface area (Å²) in [5, 5.41) is 13.6. The number of hydrogen-bond donors (Lipinski definition) is 1. The Hall–Kier alpha value is -3.81. The number of ether oxygens (including phenoxy) is 2. The van der Waals surface area contributed by atoms with Crippen LogP contribution in [0, 0.1) is 10.1 Å². The number of thiophene rings is 1. The number of aromatic nitrogens is 1. The average molecular weight is 515 g/mol. The van der Waals surface area contributed by atoms with Gasteiger partial charge >= 0.3 is 0 Å². The van der Waals surface area contributed by atoms with Gasteiger partial charge in [-0.1, -0.05) is 23.9 Å². The highest BCUT2D eigenvalue weighted by Gasteiger charge is 2.34. The predicted molar refractivity (Wildman–Crippen MR) is 131 cm³/mol. The average Bonchev–Trinajstić information content (AvgIpc) is 3.45. The fourth-order valence-electron chi connectivity index (χ4n) is 2.79. The number of nitro groups is 1. The molecule has 2 aromatic heterocycles. The topological polar surface area (TPSA) is 124 Å². The second-order valence-corrected chi connectivity index (χ2v) is 9.18. The number of hydrogen-bond acceptors (Lipinski definition) is 10. The monoisotopic (exact) mass is 514 g/mol. The maximum Gasteiger partial charge on any atom is 0.287 e. The Morgan fingerprint density at radius 2 is 2.09 bits per heavy atom. The number of nitrogens with zero attached hydrogens (tertiary/aromatic N) is 3. The minimum Gasteiger partial charge on any atom is -0.493 e. The lowest BCUT2D eigenvalue weighted by Gasteiger charge is -2.14. The van der Waals surface area contributed by atoms with E-state index in [0.717, 1.165) is 23.0 Å². The number of carbonyl (C=O) groups is 2. The second kappa shape index (κ2) is 9.99. The van der Waals surface area contributed by atoms with Gasteiger partial charge in [0, 0.05) is 12.1 Å². The van der Waals surface area contributed by atoms with Crippen LogP contribution in [0.2, 0.25) is 0 Å². The van der Waals surface area contributed by atoms with Crippen LogP contribution in [0.5, 0.6) is 17.4 Å². The highest BCUT2D eigenvalue weighted by atomic mass is 32.2. The van der Waals surface area contributed by atoms with Gasteiger partial charge in [0.05, 0.1) is 21.8 Å². The number of thiocarbonyl (C=S) groups is 1. The van der Waals surface area contributed by atoms with E-state index < -0.39 is 16.7 Å². The minimum atomic E-state index is -0.553. The summed E-state index contributed by atoms with van der Waals surface area (Å²) in [5.74, 6) is -0.0315. The molecule has 3 aromatic rings. The van der Waals surface area contributed by atoms with E-state index in [4.69, 9.17) is 21.7 Å². The van der Waals surface area contributed by atoms with Gasteiger partial charge in [0.15, 0.2) is 15.8 Å². The summed E-state index contributed by atoms with van der Waals surface area (Å²) in [6.45, 7) is 0. The molecule has 1 aliphatic rings. The van der Waals surface area contributed by atoms with Gasteiger partial charge in [-0.15, -0.1) is 11.3 Å². The van der Waals surface area contributed by atoms with Crippen molar-refractivity contribution in [2.45, 2.75) is 0 Å². The SMILES string of the molecule is COc1cc(/C=C2\SC(=S)N(NC(=O)c3cccs3)C2=O)ccc1Oc1ccc([N+](=O)[O-])cn1. The number of methoxy groups -OCH3 is 1. The highest BCUT2D eigenvalue weighted by molar-refractivity contribution is 8.26. The molecule has 0 radical (unpaired) electrons. The van der Waals surface area contributed by atoms with Gasteiger partial charge in [0.25, 0.3) is 17.5 Å². The summed E-state index contributed by atoms with van der Waals surface area (Å²) < 4.78 is 11.2. The first kappa shape index (κ1) is 23.4. The molecule has 0 saturated carbocycles. The summed E-state index contributed by atoms with van der Waals surface area (Å²) in [6.07, 6.45) is 2.71. The van der Waals surface area contributed by atoms with Crippen LogP contribution < -0.4 is 14.9 Å². The third-order valence-corrected chi connectivity index (χ3v) is 6.55. The van der Waals surface area contributed by atoms with Crippen molar-refractivity contribution < 1.29 is 24.0 Å². The molecule has 0 aliphatic carbocycles. The lowest BCUT2D eigenvalue weighted by atomic mass is 10.2. The smallest absolute Gasteiger partial charge is 0.287 e. The molecule has 1 saturated heterocycles. The molecule has 1 N–H and O–H groups in total. The third-order valence-electron chi connectivity index (χ3n) is 4.38. The van der Waals surface area contributed by atoms with E-state index in [1.165, 1.54) is 30.6 Å². The van der Waals surface area contributed by atoms with Crippen LogP contribution in [0.1, 0.15) is 15.2 Å². The van der Waals surface area contributed by atoms with Crippen LogP contribution >= 0.6 is 35.3 Å². The Bertz CT molecular complexity index is 1310. The molecule has 0 unspecified atom stereocenters. The predicted octanol–water partition coefficient (Wildman–Crippen LogP) is 4.40. The van der Waals surface area contributed by atoms with Crippen LogP contribution in [0.15, 0.2) is 58.9 Å². The molecule has 1 fully saturated rings. The Labute approximate surface area is 206 Å². The van der Waals surface area contributed by atoms with E-state index in [-0.39, 0.29) is 15.9 Å². The summed E-state index contributed by atoms with van der Waals surface area (Å²) in [5.41, 5.74) is 3.00. The van der Waals surface area contributed by atoms with Crippen molar-refractivity contribution in [3.8, 4) is 17.4 Å². The molecule has 10 nitrogen and oxygen atoms in total. The van der Waals surface area contributed by atoms with Crippen molar-refractivity contribution in [1.29, 1.82) is 0 Å². The molecule has 2 amide bonds. The normalized spacial score (nSPS) is 14.4. The first-order chi connectivity index (χ1) is 16.4. The number of thioether (sulfide) groups is 1. The third kappa shape index (κ3) is 5.06. The second-order valence-electron chi connectivity index (χ2n) is 6.56. The van der Waals surface area contributed by atoms with Crippen LogP contribution in [0.3, 0.4) is 0 Å². The Kier molecular flexibility index (Phi) is 6.86. The maximum absolute atomic E-state index is 12.8. The van der Waals surface area contributed by atoms with Crippen LogP contribution in [0.25, 0.3) is 6.08 Å². The molecular weight excluding hydrogens is 500 g/mol. The lowest BCUT2D eigenvalue weighted by molar-refractivity contribution is -0.385. The van der Waals surface area contributed by atoms with Gasteiger partial charge < -0.3 is 9.47 Å². The molecule has 172 valence electrons. The van der Waals surface area contributed by atoms with Crippen molar-refractivity contribution in [3.05, 3.63) is 79.5 Å². The lowest BCUT2D eigenvalue weighted by Crippen LogP contribution is -2.44. The molecule has 4 rings (SSSR count). The first-order valence-corrected chi connectivity index (χ1v) is 11.5. The highest BCUT2D eigenvalue weighted by Crippen LogP contribution is 2.35. The number of nitrogens with one attached hydrogen (secondary N) is 1. The van der Waals surface area contributed by atoms with Crippen molar-refractivity contribution in [3.63, 3.8) is 0 Å². The van der Waals surface area contributed by atoms with Gasteiger partial charge in [0.2, 0.25) is 5.88 Å². The van der Waals surface area contributed by atoms with Crippen molar-refractivity contribution in [2.24, 2.45) is 0 Å². The van der Waals surface area contributed by atoms with Gasteiger partial charge in [-0.25, -0.2) is 4.98 Å². The van der Waals surface area contributed by atoms with Crippen LogP contribution in [0.4, 0.5) is 5.69 Å². The number of rotatable bonds is 7. The Balaban J connectivity index is 1.50. The van der Waals surface area contributed by atoms with Crippen molar-refractivity contribution >= 4 is 63.2 Å². The van der Waals surface area contributed by atoms with E-state index in [1.807, 2.05) is 0 Å². The fraction of sp³-hybridized carbons (Fsp3) is 0.0476. The molecular formula is C21H14N4O6S3. The zero-order valence-electron chi connectivity index (χ0n) is 17.3. The fourth-order valence-corrected chi connectivity index (χ4v) is 4.58. The number of pyridine rings is 1.